The monoisotopic (exact) mass is 553 g/mol. The molecule has 4 rings (SSSR count). The van der Waals surface area contributed by atoms with E-state index < -0.39 is 51.4 Å². The smallest absolute Gasteiger partial charge is 0.442 e. The highest BCUT2D eigenvalue weighted by atomic mass is 31.1. The van der Waals surface area contributed by atoms with Gasteiger partial charge in [-0.2, -0.15) is 9.62 Å². The minimum atomic E-state index is -3.01. The molecule has 0 spiro atoms. The van der Waals surface area contributed by atoms with E-state index in [1.165, 1.54) is 13.0 Å². The number of imide groups is 1. The zero-order valence-corrected chi connectivity index (χ0v) is 21.6. The summed E-state index contributed by atoms with van der Waals surface area (Å²) in [5.41, 5.74) is 2.45. The van der Waals surface area contributed by atoms with Gasteiger partial charge < -0.3 is 19.5 Å². The van der Waals surface area contributed by atoms with Crippen molar-refractivity contribution in [1.82, 2.24) is 14.7 Å². The molecule has 2 atom stereocenters. The summed E-state index contributed by atoms with van der Waals surface area (Å²) in [6.07, 6.45) is -4.33. The number of nitrogens with zero attached hydrogens (tertiary/aromatic N) is 5. The third-order valence-corrected chi connectivity index (χ3v) is 6.14. The van der Waals surface area contributed by atoms with Gasteiger partial charge in [-0.1, -0.05) is 0 Å². The van der Waals surface area contributed by atoms with Crippen molar-refractivity contribution in [2.45, 2.75) is 39.2 Å². The van der Waals surface area contributed by atoms with Crippen LogP contribution in [0.5, 0.6) is 0 Å². The third kappa shape index (κ3) is 5.75. The van der Waals surface area contributed by atoms with Gasteiger partial charge in [-0.25, -0.2) is 23.4 Å². The van der Waals surface area contributed by atoms with Crippen LogP contribution in [0.15, 0.2) is 24.4 Å². The van der Waals surface area contributed by atoms with Crippen LogP contribution >= 0.6 is 8.69 Å². The van der Waals surface area contributed by atoms with Crippen molar-refractivity contribution in [2.24, 2.45) is 7.05 Å². The van der Waals surface area contributed by atoms with Crippen LogP contribution < -0.4 is 9.80 Å². The summed E-state index contributed by atoms with van der Waals surface area (Å²) in [6, 6.07) is 4.32. The van der Waals surface area contributed by atoms with Crippen molar-refractivity contribution in [3.05, 3.63) is 41.5 Å². The van der Waals surface area contributed by atoms with Gasteiger partial charge in [-0.05, 0) is 25.1 Å². The van der Waals surface area contributed by atoms with E-state index in [2.05, 4.69) is 14.4 Å². The molecule has 3 heterocycles. The lowest BCUT2D eigenvalue weighted by Gasteiger charge is -2.27. The molecule has 2 aliphatic heterocycles. The Morgan fingerprint density at radius 2 is 2.13 bits per heavy atom. The van der Waals surface area contributed by atoms with Gasteiger partial charge in [0.1, 0.15) is 11.9 Å². The molecular formula is C22H25FN5O9P. The Kier molecular flexibility index (Phi) is 7.92. The van der Waals surface area contributed by atoms with Crippen LogP contribution in [0.2, 0.25) is 0 Å². The highest BCUT2D eigenvalue weighted by Crippen LogP contribution is 2.33. The number of aliphatic hydroxyl groups is 1. The molecule has 204 valence electrons. The van der Waals surface area contributed by atoms with Crippen LogP contribution in [0.3, 0.4) is 0 Å². The highest BCUT2D eigenvalue weighted by molar-refractivity contribution is 7.17. The van der Waals surface area contributed by atoms with Crippen LogP contribution in [0.1, 0.15) is 25.1 Å². The number of carbonyl (C=O) groups excluding carboxylic acids is 3. The fourth-order valence-corrected chi connectivity index (χ4v) is 4.40. The number of benzene rings is 1. The third-order valence-electron chi connectivity index (χ3n) is 5.83. The summed E-state index contributed by atoms with van der Waals surface area (Å²) < 4.78 is 46.4. The SMILES string of the molecule is CCOC(O)(OP=O)OC(=O)N(C[C@H]1CN(c2ccc(N3Cc4cn(C)nc4C3)c(F)c2)C(=O)O1)C(C)=O. The van der Waals surface area contributed by atoms with Crippen LogP contribution in [-0.4, -0.2) is 69.8 Å². The molecule has 1 unspecified atom stereocenters. The average molecular weight is 553 g/mol. The maximum atomic E-state index is 15.1. The number of carbonyl (C=O) groups is 3. The number of aromatic nitrogens is 2. The molecule has 16 heteroatoms. The summed E-state index contributed by atoms with van der Waals surface area (Å²) in [4.78, 5) is 40.6. The van der Waals surface area contributed by atoms with E-state index in [4.69, 9.17) is 9.47 Å². The van der Waals surface area contributed by atoms with Crippen molar-refractivity contribution in [3.8, 4) is 0 Å². The Bertz CT molecular complexity index is 1240. The molecule has 1 fully saturated rings. The maximum absolute atomic E-state index is 15.1. The Morgan fingerprint density at radius 1 is 1.37 bits per heavy atom. The molecule has 38 heavy (non-hydrogen) atoms. The molecule has 1 N–H and O–H groups in total. The van der Waals surface area contributed by atoms with E-state index in [-0.39, 0.29) is 18.8 Å². The number of hydrogen-bond acceptors (Lipinski definition) is 11. The molecule has 2 aromatic rings. The fourth-order valence-electron chi connectivity index (χ4n) is 4.21. The lowest BCUT2D eigenvalue weighted by atomic mass is 10.2. The van der Waals surface area contributed by atoms with Crippen molar-refractivity contribution < 1.29 is 47.2 Å². The van der Waals surface area contributed by atoms with Crippen LogP contribution in [0.25, 0.3) is 0 Å². The van der Waals surface area contributed by atoms with Crippen molar-refractivity contribution in [3.63, 3.8) is 0 Å². The maximum Gasteiger partial charge on any atom is 0.472 e. The van der Waals surface area contributed by atoms with Crippen molar-refractivity contribution in [1.29, 1.82) is 0 Å². The molecule has 0 radical (unpaired) electrons. The topological polar surface area (TPSA) is 153 Å². The summed E-state index contributed by atoms with van der Waals surface area (Å²) in [5, 5.41) is 14.4. The molecule has 3 amide bonds. The van der Waals surface area contributed by atoms with E-state index in [9.17, 15) is 24.1 Å². The zero-order chi connectivity index (χ0) is 27.6. The van der Waals surface area contributed by atoms with Gasteiger partial charge >= 0.3 is 27.0 Å². The quantitative estimate of drug-likeness (QED) is 0.359. The van der Waals surface area contributed by atoms with Crippen molar-refractivity contribution >= 4 is 38.2 Å². The Labute approximate surface area is 217 Å². The normalized spacial score (nSPS) is 18.3. The second kappa shape index (κ2) is 11.0. The predicted octanol–water partition coefficient (Wildman–Crippen LogP) is 2.25. The van der Waals surface area contributed by atoms with Gasteiger partial charge in [0.25, 0.3) is 0 Å². The number of rotatable bonds is 9. The molecule has 1 aromatic heterocycles. The Hall–Kier alpha value is -3.65. The summed E-state index contributed by atoms with van der Waals surface area (Å²) in [5.74, 6) is -1.35. The first-order valence-electron chi connectivity index (χ1n) is 11.5. The second-order valence-corrected chi connectivity index (χ2v) is 8.83. The Balaban J connectivity index is 1.42. The number of halogens is 1. The van der Waals surface area contributed by atoms with Gasteiger partial charge in [-0.15, -0.1) is 0 Å². The predicted molar refractivity (Wildman–Crippen MR) is 126 cm³/mol. The summed E-state index contributed by atoms with van der Waals surface area (Å²) >= 11 is 0. The van der Waals surface area contributed by atoms with E-state index >= 15 is 4.39 Å². The molecule has 0 aliphatic carbocycles. The number of aryl methyl sites for hydroxylation is 1. The van der Waals surface area contributed by atoms with E-state index in [0.717, 1.165) is 23.1 Å². The van der Waals surface area contributed by atoms with Gasteiger partial charge in [-0.3, -0.25) is 19.1 Å². The van der Waals surface area contributed by atoms with Crippen LogP contribution in [-0.2, 0) is 48.2 Å². The molecule has 1 aromatic carbocycles. The standard InChI is InChI=1S/C22H25FN5O9P/c1-4-34-22(32,37-38-33)36-21(31)27(13(2)29)10-16-11-28(20(30)35-16)15-5-6-19(17(23)7-15)26-9-14-8-25(3)24-18(14)12-26/h5-8,16,32H,4,9-12H2,1-3H3/t16-,22?/m0/s1. The largest absolute Gasteiger partial charge is 0.472 e. The van der Waals surface area contributed by atoms with E-state index in [1.807, 2.05) is 18.1 Å². The van der Waals surface area contributed by atoms with Gasteiger partial charge in [0.15, 0.2) is 0 Å². The first kappa shape index (κ1) is 27.4. The van der Waals surface area contributed by atoms with Gasteiger partial charge in [0.2, 0.25) is 5.91 Å². The van der Waals surface area contributed by atoms with Crippen LogP contribution in [0, 0.1) is 5.82 Å². The first-order chi connectivity index (χ1) is 18.0. The number of anilines is 2. The Morgan fingerprint density at radius 3 is 2.76 bits per heavy atom. The van der Waals surface area contributed by atoms with Crippen molar-refractivity contribution in [2.75, 3.05) is 29.5 Å². The molecule has 14 nitrogen and oxygen atoms in total. The molecule has 1 saturated heterocycles. The molecule has 0 bridgehead atoms. The minimum absolute atomic E-state index is 0.111. The molecule has 0 saturated carbocycles. The number of ether oxygens (including phenoxy) is 3. The summed E-state index contributed by atoms with van der Waals surface area (Å²) in [6.45, 7) is 2.69. The van der Waals surface area contributed by atoms with Crippen LogP contribution in [0.4, 0.5) is 25.4 Å². The number of amides is 3. The lowest BCUT2D eigenvalue weighted by Crippen LogP contribution is -2.48. The highest BCUT2D eigenvalue weighted by Gasteiger charge is 2.41. The number of hydrogen-bond donors (Lipinski definition) is 1. The van der Waals surface area contributed by atoms with Gasteiger partial charge in [0.05, 0.1) is 43.3 Å². The first-order valence-corrected chi connectivity index (χ1v) is 12.2. The second-order valence-electron chi connectivity index (χ2n) is 8.50. The summed E-state index contributed by atoms with van der Waals surface area (Å²) in [7, 11) is 0.769. The zero-order valence-electron chi connectivity index (χ0n) is 20.7. The fraction of sp³-hybridized carbons (Fsp3) is 0.455. The number of cyclic esters (lactones) is 1. The molecular weight excluding hydrogens is 528 g/mol. The van der Waals surface area contributed by atoms with Gasteiger partial charge in [0, 0.05) is 32.3 Å². The average Bonchev–Trinajstić information content (AvgIpc) is 3.49. The minimum Gasteiger partial charge on any atom is -0.442 e. The van der Waals surface area contributed by atoms with E-state index in [0.29, 0.717) is 23.7 Å². The lowest BCUT2D eigenvalue weighted by molar-refractivity contribution is -0.430. The van der Waals surface area contributed by atoms with E-state index in [1.54, 1.807) is 16.8 Å². The molecule has 2 aliphatic rings. The number of fused-ring (bicyclic) bond motifs is 1.